The van der Waals surface area contributed by atoms with Gasteiger partial charge in [-0.3, -0.25) is 9.59 Å². The summed E-state index contributed by atoms with van der Waals surface area (Å²) in [5.74, 6) is -0.169. The zero-order chi connectivity index (χ0) is 28.4. The molecule has 0 rings (SSSR count). The number of hydrogen-bond acceptors (Lipinski definition) is 3. The first-order chi connectivity index (χ1) is 18.6. The van der Waals surface area contributed by atoms with Crippen LogP contribution in [0.15, 0.2) is 0 Å². The molecule has 0 aliphatic heterocycles. The number of methoxy groups -OCH3 is 1. The summed E-state index contributed by atoms with van der Waals surface area (Å²) in [6, 6.07) is 0. The minimum absolute atomic E-state index is 0.327. The van der Waals surface area contributed by atoms with E-state index in [9.17, 15) is 9.59 Å². The molecule has 0 aromatic rings. The second kappa shape index (κ2) is 36.1. The van der Waals surface area contributed by atoms with Gasteiger partial charge in [-0.2, -0.15) is 0 Å². The molecule has 4 nitrogen and oxygen atoms in total. The van der Waals surface area contributed by atoms with Crippen molar-refractivity contribution in [1.29, 1.82) is 0 Å². The van der Waals surface area contributed by atoms with Crippen molar-refractivity contribution in [2.45, 2.75) is 193 Å². The van der Waals surface area contributed by atoms with E-state index in [1.54, 1.807) is 14.2 Å². The molecule has 0 atom stereocenters. The third kappa shape index (κ3) is 39.6. The maximum absolute atomic E-state index is 12.1. The number of rotatable bonds is 30. The molecular formula is C34H68O4. The molecule has 0 fully saturated rings. The molecule has 228 valence electrons. The number of hydrogen-bond donors (Lipinski definition) is 1. The Morgan fingerprint density at radius 3 is 0.868 bits per heavy atom. The Kier molecular flexibility index (Phi) is 37.3. The van der Waals surface area contributed by atoms with Crippen molar-refractivity contribution in [3.8, 4) is 0 Å². The van der Waals surface area contributed by atoms with Crippen LogP contribution in [0.3, 0.4) is 0 Å². The molecule has 0 aromatic carbocycles. The zero-order valence-corrected chi connectivity index (χ0v) is 26.2. The molecule has 0 heterocycles. The van der Waals surface area contributed by atoms with E-state index < -0.39 is 5.97 Å². The number of carbonyl (C=O) groups excluding carboxylic acids is 1. The first-order valence-electron chi connectivity index (χ1n) is 16.7. The van der Waals surface area contributed by atoms with E-state index in [2.05, 4.69) is 11.7 Å². The van der Waals surface area contributed by atoms with Crippen LogP contribution in [0.1, 0.15) is 193 Å². The van der Waals surface area contributed by atoms with Gasteiger partial charge in [0.15, 0.2) is 0 Å². The molecule has 0 aliphatic carbocycles. The van der Waals surface area contributed by atoms with Gasteiger partial charge in [-0.05, 0) is 19.3 Å². The first-order valence-corrected chi connectivity index (χ1v) is 16.7. The largest absolute Gasteiger partial charge is 0.481 e. The lowest BCUT2D eigenvalue weighted by molar-refractivity contribution is -0.137. The van der Waals surface area contributed by atoms with E-state index in [0.29, 0.717) is 12.2 Å². The summed E-state index contributed by atoms with van der Waals surface area (Å²) in [7, 11) is 3.25. The predicted octanol–water partition coefficient (Wildman–Crippen LogP) is 11.2. The van der Waals surface area contributed by atoms with E-state index in [1.165, 1.54) is 141 Å². The fraction of sp³-hybridized carbons (Fsp3) is 0.941. The zero-order valence-electron chi connectivity index (χ0n) is 26.2. The molecule has 0 aliphatic rings. The first kappa shape index (κ1) is 39.2. The minimum atomic E-state index is -0.665. The Morgan fingerprint density at radius 2 is 0.632 bits per heavy atom. The van der Waals surface area contributed by atoms with Crippen LogP contribution in [-0.2, 0) is 14.3 Å². The van der Waals surface area contributed by atoms with Crippen LogP contribution in [0.4, 0.5) is 0 Å². The summed E-state index contributed by atoms with van der Waals surface area (Å²) in [4.78, 5) is 22.5. The van der Waals surface area contributed by atoms with Crippen LogP contribution in [0, 0.1) is 0 Å². The van der Waals surface area contributed by atoms with Gasteiger partial charge in [0.05, 0.1) is 0 Å². The molecule has 4 heteroatoms. The third-order valence-electron chi connectivity index (χ3n) is 7.41. The number of unbranched alkanes of at least 4 members (excludes halogenated alkanes) is 24. The number of ketones is 1. The number of aliphatic carboxylic acids is 1. The van der Waals surface area contributed by atoms with Crippen molar-refractivity contribution in [3.63, 3.8) is 0 Å². The lowest BCUT2D eigenvalue weighted by atomic mass is 10.0. The maximum atomic E-state index is 12.1. The smallest absolute Gasteiger partial charge is 0.303 e. The number of carboxylic acid groups (broad SMARTS) is 1. The second-order valence-corrected chi connectivity index (χ2v) is 11.4. The van der Waals surface area contributed by atoms with E-state index >= 15 is 0 Å². The molecule has 0 aromatic heterocycles. The van der Waals surface area contributed by atoms with Crippen LogP contribution in [0.25, 0.3) is 0 Å². The third-order valence-corrected chi connectivity index (χ3v) is 7.41. The van der Waals surface area contributed by atoms with Crippen LogP contribution in [-0.4, -0.2) is 31.1 Å². The second-order valence-electron chi connectivity index (χ2n) is 11.4. The number of Topliss-reactive ketones (excluding diaryl/α,β-unsaturated/α-hetero) is 1. The van der Waals surface area contributed by atoms with Gasteiger partial charge in [-0.15, -0.1) is 0 Å². The highest BCUT2D eigenvalue weighted by Crippen LogP contribution is 2.15. The maximum Gasteiger partial charge on any atom is 0.303 e. The quantitative estimate of drug-likeness (QED) is 0.0920. The van der Waals surface area contributed by atoms with E-state index in [0.717, 1.165) is 38.5 Å². The van der Waals surface area contributed by atoms with Gasteiger partial charge in [-0.25, -0.2) is 0 Å². The molecule has 0 bridgehead atoms. The van der Waals surface area contributed by atoms with Gasteiger partial charge in [0.1, 0.15) is 5.78 Å². The molecular weight excluding hydrogens is 472 g/mol. The van der Waals surface area contributed by atoms with E-state index in [-0.39, 0.29) is 0 Å². The average molecular weight is 541 g/mol. The van der Waals surface area contributed by atoms with Gasteiger partial charge < -0.3 is 9.84 Å². The van der Waals surface area contributed by atoms with Crippen molar-refractivity contribution in [1.82, 2.24) is 0 Å². The normalized spacial score (nSPS) is 10.8. The standard InChI is InChI=1S/C32H62O3.C2H6O/c1-2-3-4-5-6-7-8-10-13-16-19-22-25-28-31(33)29-26-23-20-17-14-11-9-12-15-18-21-24-27-30-32(34)35;1-3-2/h2-30H2,1H3,(H,34,35);1-2H3. The average Bonchev–Trinajstić information content (AvgIpc) is 2.89. The van der Waals surface area contributed by atoms with Crippen molar-refractivity contribution in [2.24, 2.45) is 0 Å². The fourth-order valence-corrected chi connectivity index (χ4v) is 5.01. The van der Waals surface area contributed by atoms with Gasteiger partial charge >= 0.3 is 5.97 Å². The van der Waals surface area contributed by atoms with Crippen molar-refractivity contribution in [2.75, 3.05) is 14.2 Å². The summed E-state index contributed by atoms with van der Waals surface area (Å²) >= 11 is 0. The highest BCUT2D eigenvalue weighted by molar-refractivity contribution is 5.78. The van der Waals surface area contributed by atoms with Gasteiger partial charge in [0, 0.05) is 33.5 Å². The van der Waals surface area contributed by atoms with E-state index in [1.807, 2.05) is 0 Å². The highest BCUT2D eigenvalue weighted by Gasteiger charge is 2.02. The van der Waals surface area contributed by atoms with Crippen molar-refractivity contribution < 1.29 is 19.4 Å². The van der Waals surface area contributed by atoms with Crippen molar-refractivity contribution >= 4 is 11.8 Å². The van der Waals surface area contributed by atoms with Crippen LogP contribution in [0.5, 0.6) is 0 Å². The lowest BCUT2D eigenvalue weighted by Gasteiger charge is -2.04. The van der Waals surface area contributed by atoms with Crippen LogP contribution >= 0.6 is 0 Å². The fourth-order valence-electron chi connectivity index (χ4n) is 5.01. The van der Waals surface area contributed by atoms with Crippen LogP contribution < -0.4 is 0 Å². The summed E-state index contributed by atoms with van der Waals surface area (Å²) in [5.41, 5.74) is 0. The lowest BCUT2D eigenvalue weighted by Crippen LogP contribution is -1.97. The molecule has 38 heavy (non-hydrogen) atoms. The minimum Gasteiger partial charge on any atom is -0.481 e. The Morgan fingerprint density at radius 1 is 0.421 bits per heavy atom. The molecule has 0 spiro atoms. The number of carboxylic acids is 1. The summed E-state index contributed by atoms with van der Waals surface area (Å²) < 4.78 is 4.25. The predicted molar refractivity (Wildman–Crippen MR) is 165 cm³/mol. The topological polar surface area (TPSA) is 63.6 Å². The summed E-state index contributed by atoms with van der Waals surface area (Å²) in [6.07, 6.45) is 35.6. The van der Waals surface area contributed by atoms with Gasteiger partial charge in [-0.1, -0.05) is 155 Å². The molecule has 0 radical (unpaired) electrons. The molecule has 0 saturated heterocycles. The van der Waals surface area contributed by atoms with Crippen LogP contribution in [0.2, 0.25) is 0 Å². The highest BCUT2D eigenvalue weighted by atomic mass is 16.4. The Labute approximate surface area is 238 Å². The Hall–Kier alpha value is -0.900. The monoisotopic (exact) mass is 541 g/mol. The van der Waals surface area contributed by atoms with Gasteiger partial charge in [0.25, 0.3) is 0 Å². The number of carbonyl (C=O) groups is 2. The summed E-state index contributed by atoms with van der Waals surface area (Å²) in [6.45, 7) is 2.28. The van der Waals surface area contributed by atoms with Gasteiger partial charge in [0.2, 0.25) is 0 Å². The molecule has 0 amide bonds. The summed E-state index contributed by atoms with van der Waals surface area (Å²) in [5, 5.41) is 8.61. The molecule has 0 saturated carbocycles. The van der Waals surface area contributed by atoms with E-state index in [4.69, 9.17) is 5.11 Å². The Balaban J connectivity index is 0. The molecule has 1 N–H and O–H groups in total. The van der Waals surface area contributed by atoms with Crippen molar-refractivity contribution in [3.05, 3.63) is 0 Å². The number of ether oxygens (including phenoxy) is 1. The molecule has 0 unspecified atom stereocenters. The SMILES string of the molecule is CCCCCCCCCCCCCCCC(=O)CCCCCCCCCCCCCCCC(=O)O.COC. The Bertz CT molecular complexity index is 463.